The van der Waals surface area contributed by atoms with Crippen molar-refractivity contribution < 1.29 is 22.7 Å². The van der Waals surface area contributed by atoms with Crippen LogP contribution >= 0.6 is 0 Å². The monoisotopic (exact) mass is 366 g/mol. The molecule has 1 aromatic heterocycles. The molecule has 4 nitrogen and oxygen atoms in total. The Labute approximate surface area is 150 Å². The van der Waals surface area contributed by atoms with Crippen LogP contribution in [0.3, 0.4) is 0 Å². The number of carbonyl (C=O) groups excluding carboxylic acids is 1. The summed E-state index contributed by atoms with van der Waals surface area (Å²) in [4.78, 5) is 18.3. The van der Waals surface area contributed by atoms with Crippen LogP contribution in [0.1, 0.15) is 31.0 Å². The lowest BCUT2D eigenvalue weighted by atomic mass is 9.96. The summed E-state index contributed by atoms with van der Waals surface area (Å²) in [5.74, 6) is -0.282. The number of hydrogen-bond acceptors (Lipinski definition) is 4. The number of benzene rings is 1. The van der Waals surface area contributed by atoms with Gasteiger partial charge in [0.1, 0.15) is 0 Å². The molecule has 2 heterocycles. The van der Waals surface area contributed by atoms with Gasteiger partial charge in [0.2, 0.25) is 0 Å². The number of aryl methyl sites for hydroxylation is 1. The number of halogens is 3. The first-order valence-electron chi connectivity index (χ1n) is 8.69. The summed E-state index contributed by atoms with van der Waals surface area (Å²) in [6.07, 6.45) is -3.05. The van der Waals surface area contributed by atoms with Gasteiger partial charge in [0.05, 0.1) is 23.6 Å². The Bertz CT molecular complexity index is 812. The van der Waals surface area contributed by atoms with Crippen LogP contribution in [0, 0.1) is 12.8 Å². The minimum absolute atomic E-state index is 0.114. The number of ether oxygens (including phenoxy) is 1. The Morgan fingerprint density at radius 2 is 1.96 bits per heavy atom. The molecule has 7 heteroatoms. The molecule has 0 N–H and O–H groups in total. The van der Waals surface area contributed by atoms with Crippen LogP contribution in [0.25, 0.3) is 10.9 Å². The summed E-state index contributed by atoms with van der Waals surface area (Å²) in [6, 6.07) is 5.56. The third-order valence-corrected chi connectivity index (χ3v) is 4.70. The van der Waals surface area contributed by atoms with Crippen LogP contribution < -0.4 is 4.90 Å². The zero-order chi connectivity index (χ0) is 18.9. The number of anilines is 1. The van der Waals surface area contributed by atoms with E-state index in [1.165, 1.54) is 6.07 Å². The zero-order valence-electron chi connectivity index (χ0n) is 14.8. The number of carbonyl (C=O) groups is 1. The molecule has 26 heavy (non-hydrogen) atoms. The van der Waals surface area contributed by atoms with Crippen molar-refractivity contribution in [2.45, 2.75) is 32.9 Å². The van der Waals surface area contributed by atoms with Gasteiger partial charge >= 0.3 is 12.1 Å². The number of rotatable bonds is 3. The molecule has 1 aliphatic rings. The summed E-state index contributed by atoms with van der Waals surface area (Å²) >= 11 is 0. The van der Waals surface area contributed by atoms with E-state index in [9.17, 15) is 18.0 Å². The van der Waals surface area contributed by atoms with Crippen LogP contribution in [-0.2, 0) is 15.7 Å². The number of hydrogen-bond donors (Lipinski definition) is 0. The van der Waals surface area contributed by atoms with Crippen molar-refractivity contribution in [2.75, 3.05) is 24.6 Å². The van der Waals surface area contributed by atoms with E-state index in [2.05, 4.69) is 9.88 Å². The molecule has 1 fully saturated rings. The summed E-state index contributed by atoms with van der Waals surface area (Å²) in [5, 5.41) is 0.693. The van der Waals surface area contributed by atoms with Gasteiger partial charge in [0.15, 0.2) is 0 Å². The Morgan fingerprint density at radius 1 is 1.27 bits per heavy atom. The van der Waals surface area contributed by atoms with E-state index in [1.807, 2.05) is 6.07 Å². The number of nitrogens with zero attached hydrogens (tertiary/aromatic N) is 2. The molecule has 2 aromatic rings. The van der Waals surface area contributed by atoms with Gasteiger partial charge in [-0.1, -0.05) is 6.07 Å². The highest BCUT2D eigenvalue weighted by atomic mass is 19.4. The molecule has 3 rings (SSSR count). The van der Waals surface area contributed by atoms with E-state index in [0.29, 0.717) is 49.1 Å². The number of pyridine rings is 1. The predicted molar refractivity (Wildman–Crippen MR) is 93.1 cm³/mol. The van der Waals surface area contributed by atoms with Crippen molar-refractivity contribution in [1.82, 2.24) is 4.98 Å². The van der Waals surface area contributed by atoms with Gasteiger partial charge in [-0.05, 0) is 44.9 Å². The first-order chi connectivity index (χ1) is 12.3. The highest BCUT2D eigenvalue weighted by Crippen LogP contribution is 2.35. The van der Waals surface area contributed by atoms with Crippen molar-refractivity contribution >= 4 is 22.6 Å². The number of aromatic nitrogens is 1. The molecule has 0 aliphatic carbocycles. The first kappa shape index (κ1) is 18.5. The number of piperidine rings is 1. The van der Waals surface area contributed by atoms with Crippen LogP contribution in [0.5, 0.6) is 0 Å². The fraction of sp³-hybridized carbons (Fsp3) is 0.474. The highest BCUT2D eigenvalue weighted by molar-refractivity contribution is 5.92. The van der Waals surface area contributed by atoms with E-state index in [4.69, 9.17) is 4.74 Å². The second-order valence-electron chi connectivity index (χ2n) is 6.53. The maximum atomic E-state index is 13.0. The molecule has 1 aliphatic heterocycles. The minimum Gasteiger partial charge on any atom is -0.466 e. The minimum atomic E-state index is -4.39. The standard InChI is InChI=1S/C19H21F3N2O2/c1-3-26-18(25)13-6-8-24(9-7-13)17-10-12(2)23-16-11-14(19(20,21)22)4-5-15(16)17/h4-5,10-11,13H,3,6-9H2,1-2H3. The highest BCUT2D eigenvalue weighted by Gasteiger charge is 2.31. The van der Waals surface area contributed by atoms with Crippen LogP contribution in [-0.4, -0.2) is 30.6 Å². The molecule has 0 bridgehead atoms. The van der Waals surface area contributed by atoms with Gasteiger partial charge in [-0.15, -0.1) is 0 Å². The van der Waals surface area contributed by atoms with Crippen LogP contribution in [0.2, 0.25) is 0 Å². The van der Waals surface area contributed by atoms with Crippen molar-refractivity contribution in [3.05, 3.63) is 35.5 Å². The lowest BCUT2D eigenvalue weighted by molar-refractivity contribution is -0.148. The first-order valence-corrected chi connectivity index (χ1v) is 8.69. The quantitative estimate of drug-likeness (QED) is 0.758. The van der Waals surface area contributed by atoms with E-state index in [0.717, 1.165) is 17.8 Å². The zero-order valence-corrected chi connectivity index (χ0v) is 14.8. The molecular formula is C19H21F3N2O2. The SMILES string of the molecule is CCOC(=O)C1CCN(c2cc(C)nc3cc(C(F)(F)F)ccc23)CC1. The maximum absolute atomic E-state index is 13.0. The second-order valence-corrected chi connectivity index (χ2v) is 6.53. The molecule has 0 radical (unpaired) electrons. The van der Waals surface area contributed by atoms with Gasteiger partial charge in [-0.2, -0.15) is 13.2 Å². The Kier molecular flexibility index (Phi) is 5.07. The van der Waals surface area contributed by atoms with Gasteiger partial charge in [-0.25, -0.2) is 0 Å². The smallest absolute Gasteiger partial charge is 0.416 e. The molecule has 0 unspecified atom stereocenters. The van der Waals surface area contributed by atoms with Crippen LogP contribution in [0.4, 0.5) is 18.9 Å². The molecule has 0 atom stereocenters. The maximum Gasteiger partial charge on any atom is 0.416 e. The van der Waals surface area contributed by atoms with Crippen molar-refractivity contribution in [3.63, 3.8) is 0 Å². The van der Waals surface area contributed by atoms with E-state index in [1.54, 1.807) is 13.8 Å². The van der Waals surface area contributed by atoms with Crippen molar-refractivity contribution in [1.29, 1.82) is 0 Å². The summed E-state index contributed by atoms with van der Waals surface area (Å²) < 4.78 is 44.0. The second kappa shape index (κ2) is 7.13. The fourth-order valence-corrected chi connectivity index (χ4v) is 3.39. The predicted octanol–water partition coefficient (Wildman–Crippen LogP) is 4.34. The third kappa shape index (κ3) is 3.76. The molecule has 1 saturated heterocycles. The summed E-state index contributed by atoms with van der Waals surface area (Å²) in [6.45, 7) is 5.24. The van der Waals surface area contributed by atoms with E-state index >= 15 is 0 Å². The average Bonchev–Trinajstić information content (AvgIpc) is 2.60. The Balaban J connectivity index is 1.88. The normalized spacial score (nSPS) is 16.1. The van der Waals surface area contributed by atoms with Gasteiger partial charge in [-0.3, -0.25) is 9.78 Å². The van der Waals surface area contributed by atoms with Gasteiger partial charge in [0, 0.05) is 29.9 Å². The largest absolute Gasteiger partial charge is 0.466 e. The molecule has 0 amide bonds. The van der Waals surface area contributed by atoms with Crippen molar-refractivity contribution in [3.8, 4) is 0 Å². The summed E-state index contributed by atoms with van der Waals surface area (Å²) in [7, 11) is 0. The van der Waals surface area contributed by atoms with Crippen molar-refractivity contribution in [2.24, 2.45) is 5.92 Å². The number of fused-ring (bicyclic) bond motifs is 1. The molecule has 140 valence electrons. The number of alkyl halides is 3. The molecular weight excluding hydrogens is 345 g/mol. The van der Waals surface area contributed by atoms with E-state index < -0.39 is 11.7 Å². The lowest BCUT2D eigenvalue weighted by Crippen LogP contribution is -2.37. The van der Waals surface area contributed by atoms with Gasteiger partial charge < -0.3 is 9.64 Å². The average molecular weight is 366 g/mol. The number of esters is 1. The fourth-order valence-electron chi connectivity index (χ4n) is 3.39. The molecule has 1 aromatic carbocycles. The third-order valence-electron chi connectivity index (χ3n) is 4.70. The summed E-state index contributed by atoms with van der Waals surface area (Å²) in [5.41, 5.74) is 1.17. The Hall–Kier alpha value is -2.31. The topological polar surface area (TPSA) is 42.4 Å². The molecule has 0 saturated carbocycles. The van der Waals surface area contributed by atoms with Gasteiger partial charge in [0.25, 0.3) is 0 Å². The lowest BCUT2D eigenvalue weighted by Gasteiger charge is -2.33. The van der Waals surface area contributed by atoms with E-state index in [-0.39, 0.29) is 11.9 Å². The molecule has 0 spiro atoms. The Morgan fingerprint density at radius 3 is 2.58 bits per heavy atom. The van der Waals surface area contributed by atoms with Crippen LogP contribution in [0.15, 0.2) is 24.3 Å².